The molecule has 0 fully saturated rings. The number of amides is 1. The SMILES string of the molecule is O=C1/C(=N\O)c2ccccc2N1Cc1cccc(Oc2ccccc2)c1. The van der Waals surface area contributed by atoms with Gasteiger partial charge in [-0.15, -0.1) is 0 Å². The smallest absolute Gasteiger partial charge is 0.281 e. The van der Waals surface area contributed by atoms with E-state index in [0.717, 1.165) is 17.0 Å². The van der Waals surface area contributed by atoms with Gasteiger partial charge in [0, 0.05) is 5.56 Å². The largest absolute Gasteiger partial charge is 0.457 e. The molecule has 3 aromatic carbocycles. The number of fused-ring (bicyclic) bond motifs is 1. The molecule has 0 saturated heterocycles. The Morgan fingerprint density at radius 1 is 0.885 bits per heavy atom. The highest BCUT2D eigenvalue weighted by atomic mass is 16.5. The number of para-hydroxylation sites is 2. The average Bonchev–Trinajstić information content (AvgIpc) is 2.94. The zero-order chi connectivity index (χ0) is 17.9. The van der Waals surface area contributed by atoms with Gasteiger partial charge in [-0.05, 0) is 35.9 Å². The van der Waals surface area contributed by atoms with E-state index in [9.17, 15) is 10.0 Å². The minimum Gasteiger partial charge on any atom is -0.457 e. The van der Waals surface area contributed by atoms with Gasteiger partial charge >= 0.3 is 0 Å². The molecule has 1 N–H and O–H groups in total. The number of benzene rings is 3. The molecule has 3 aromatic rings. The number of anilines is 1. The van der Waals surface area contributed by atoms with Crippen molar-refractivity contribution in [3.8, 4) is 11.5 Å². The first-order valence-electron chi connectivity index (χ1n) is 8.21. The number of rotatable bonds is 4. The Balaban J connectivity index is 1.60. The van der Waals surface area contributed by atoms with Crippen molar-refractivity contribution in [3.63, 3.8) is 0 Å². The molecular formula is C21H16N2O3. The van der Waals surface area contributed by atoms with E-state index in [4.69, 9.17) is 4.74 Å². The van der Waals surface area contributed by atoms with Crippen LogP contribution >= 0.6 is 0 Å². The van der Waals surface area contributed by atoms with Gasteiger partial charge in [-0.2, -0.15) is 0 Å². The molecule has 5 nitrogen and oxygen atoms in total. The van der Waals surface area contributed by atoms with E-state index in [1.807, 2.05) is 72.8 Å². The quantitative estimate of drug-likeness (QED) is 0.570. The first kappa shape index (κ1) is 15.9. The van der Waals surface area contributed by atoms with Crippen LogP contribution in [-0.4, -0.2) is 16.8 Å². The third-order valence-corrected chi connectivity index (χ3v) is 4.22. The number of oxime groups is 1. The van der Waals surface area contributed by atoms with Crippen LogP contribution < -0.4 is 9.64 Å². The van der Waals surface area contributed by atoms with E-state index >= 15 is 0 Å². The summed E-state index contributed by atoms with van der Waals surface area (Å²) in [5.74, 6) is 1.13. The first-order valence-corrected chi connectivity index (χ1v) is 8.21. The van der Waals surface area contributed by atoms with Crippen molar-refractivity contribution < 1.29 is 14.7 Å². The molecule has 4 rings (SSSR count). The fraction of sp³-hybridized carbons (Fsp3) is 0.0476. The summed E-state index contributed by atoms with van der Waals surface area (Å²) in [5.41, 5.74) is 2.36. The van der Waals surface area contributed by atoms with Gasteiger partial charge in [0.15, 0.2) is 5.71 Å². The number of carbonyl (C=O) groups is 1. The Morgan fingerprint density at radius 3 is 2.42 bits per heavy atom. The Kier molecular flexibility index (Phi) is 4.11. The lowest BCUT2D eigenvalue weighted by Gasteiger charge is -2.17. The van der Waals surface area contributed by atoms with Crippen LogP contribution in [0.2, 0.25) is 0 Å². The van der Waals surface area contributed by atoms with Gasteiger partial charge < -0.3 is 14.8 Å². The van der Waals surface area contributed by atoms with E-state index in [0.29, 0.717) is 17.9 Å². The maximum Gasteiger partial charge on any atom is 0.281 e. The van der Waals surface area contributed by atoms with Gasteiger partial charge in [0.05, 0.1) is 12.2 Å². The second-order valence-corrected chi connectivity index (χ2v) is 5.92. The van der Waals surface area contributed by atoms with E-state index < -0.39 is 0 Å². The lowest BCUT2D eigenvalue weighted by molar-refractivity contribution is -0.112. The maximum absolute atomic E-state index is 12.6. The third kappa shape index (κ3) is 2.91. The molecule has 1 heterocycles. The molecule has 0 unspecified atom stereocenters. The van der Waals surface area contributed by atoms with Gasteiger partial charge in [0.25, 0.3) is 5.91 Å². The lowest BCUT2D eigenvalue weighted by Crippen LogP contribution is -2.29. The standard InChI is InChI=1S/C21H16N2O3/c24-21-20(22-25)18-11-4-5-12-19(18)23(21)14-15-7-6-10-17(13-15)26-16-8-2-1-3-9-16/h1-13,25H,14H2/b22-20-. The van der Waals surface area contributed by atoms with Gasteiger partial charge in [-0.3, -0.25) is 4.79 Å². The topological polar surface area (TPSA) is 62.1 Å². The number of carbonyl (C=O) groups excluding carboxylic acids is 1. The summed E-state index contributed by atoms with van der Waals surface area (Å²) in [6.07, 6.45) is 0. The zero-order valence-corrected chi connectivity index (χ0v) is 13.9. The zero-order valence-electron chi connectivity index (χ0n) is 13.9. The highest BCUT2D eigenvalue weighted by molar-refractivity contribution is 6.54. The number of ether oxygens (including phenoxy) is 1. The lowest BCUT2D eigenvalue weighted by atomic mass is 10.1. The molecule has 1 amide bonds. The molecule has 0 bridgehead atoms. The van der Waals surface area contributed by atoms with Crippen molar-refractivity contribution in [2.75, 3.05) is 4.90 Å². The van der Waals surface area contributed by atoms with Gasteiger partial charge in [0.2, 0.25) is 0 Å². The fourth-order valence-electron chi connectivity index (χ4n) is 3.03. The highest BCUT2D eigenvalue weighted by Crippen LogP contribution is 2.31. The number of hydrogen-bond donors (Lipinski definition) is 1. The molecule has 26 heavy (non-hydrogen) atoms. The van der Waals surface area contributed by atoms with Gasteiger partial charge in [-0.25, -0.2) is 0 Å². The molecule has 5 heteroatoms. The minimum absolute atomic E-state index is 0.0669. The normalized spacial score (nSPS) is 14.5. The number of nitrogens with zero attached hydrogens (tertiary/aromatic N) is 2. The Morgan fingerprint density at radius 2 is 1.62 bits per heavy atom. The minimum atomic E-state index is -0.317. The summed E-state index contributed by atoms with van der Waals surface area (Å²) in [6, 6.07) is 24.4. The molecule has 0 atom stereocenters. The predicted molar refractivity (Wildman–Crippen MR) is 98.9 cm³/mol. The molecular weight excluding hydrogens is 328 g/mol. The predicted octanol–water partition coefficient (Wildman–Crippen LogP) is 4.20. The van der Waals surface area contributed by atoms with E-state index in [-0.39, 0.29) is 11.6 Å². The highest BCUT2D eigenvalue weighted by Gasteiger charge is 2.34. The van der Waals surface area contributed by atoms with Crippen LogP contribution in [-0.2, 0) is 11.3 Å². The molecule has 128 valence electrons. The second kappa shape index (κ2) is 6.72. The fourth-order valence-corrected chi connectivity index (χ4v) is 3.03. The Labute approximate surface area is 150 Å². The van der Waals surface area contributed by atoms with Crippen LogP contribution in [0.4, 0.5) is 5.69 Å². The Hall–Kier alpha value is -3.60. The number of hydrogen-bond acceptors (Lipinski definition) is 4. The van der Waals surface area contributed by atoms with Crippen LogP contribution in [0.1, 0.15) is 11.1 Å². The van der Waals surface area contributed by atoms with Crippen molar-refractivity contribution in [2.45, 2.75) is 6.54 Å². The van der Waals surface area contributed by atoms with E-state index in [1.165, 1.54) is 0 Å². The molecule has 0 saturated carbocycles. The van der Waals surface area contributed by atoms with Crippen LogP contribution in [0.25, 0.3) is 0 Å². The van der Waals surface area contributed by atoms with E-state index in [2.05, 4.69) is 5.16 Å². The summed E-state index contributed by atoms with van der Waals surface area (Å²) < 4.78 is 5.85. The molecule has 1 aliphatic heterocycles. The van der Waals surface area contributed by atoms with Crippen LogP contribution in [0.15, 0.2) is 84.0 Å². The molecule has 1 aliphatic rings. The van der Waals surface area contributed by atoms with Crippen molar-refractivity contribution in [2.24, 2.45) is 5.16 Å². The van der Waals surface area contributed by atoms with Crippen molar-refractivity contribution in [3.05, 3.63) is 90.0 Å². The Bertz CT molecular complexity index is 983. The second-order valence-electron chi connectivity index (χ2n) is 5.92. The van der Waals surface area contributed by atoms with E-state index in [1.54, 1.807) is 11.0 Å². The van der Waals surface area contributed by atoms with Gasteiger partial charge in [0.1, 0.15) is 11.5 Å². The summed E-state index contributed by atoms with van der Waals surface area (Å²) in [4.78, 5) is 14.2. The molecule has 0 aliphatic carbocycles. The van der Waals surface area contributed by atoms with Crippen molar-refractivity contribution in [1.29, 1.82) is 0 Å². The van der Waals surface area contributed by atoms with Crippen molar-refractivity contribution in [1.82, 2.24) is 0 Å². The first-order chi connectivity index (χ1) is 12.8. The average molecular weight is 344 g/mol. The molecule has 0 radical (unpaired) electrons. The maximum atomic E-state index is 12.6. The molecule has 0 aromatic heterocycles. The monoisotopic (exact) mass is 344 g/mol. The summed E-state index contributed by atoms with van der Waals surface area (Å²) in [7, 11) is 0. The summed E-state index contributed by atoms with van der Waals surface area (Å²) in [6.45, 7) is 0.362. The van der Waals surface area contributed by atoms with Crippen LogP contribution in [0, 0.1) is 0 Å². The third-order valence-electron chi connectivity index (χ3n) is 4.22. The summed E-state index contributed by atoms with van der Waals surface area (Å²) >= 11 is 0. The molecule has 0 spiro atoms. The van der Waals surface area contributed by atoms with Gasteiger partial charge in [-0.1, -0.05) is 53.7 Å². The van der Waals surface area contributed by atoms with Crippen molar-refractivity contribution >= 4 is 17.3 Å². The summed E-state index contributed by atoms with van der Waals surface area (Å²) in [5, 5.41) is 12.4. The van der Waals surface area contributed by atoms with Crippen LogP contribution in [0.5, 0.6) is 11.5 Å². The van der Waals surface area contributed by atoms with Crippen LogP contribution in [0.3, 0.4) is 0 Å².